The van der Waals surface area contributed by atoms with Crippen LogP contribution in [-0.2, 0) is 4.74 Å². The summed E-state index contributed by atoms with van der Waals surface area (Å²) >= 11 is 0. The van der Waals surface area contributed by atoms with Gasteiger partial charge in [0.1, 0.15) is 0 Å². The molecule has 0 radical (unpaired) electrons. The summed E-state index contributed by atoms with van der Waals surface area (Å²) in [5.41, 5.74) is 10.1. The molecule has 2 aliphatic rings. The third kappa shape index (κ3) is 5.96. The SMILES string of the molecule is COCCCC[C@@H](c1ccccc1-c1ccccc1)[C@@H]1CCCN(C(=O)N2CC[C@H](N)C2)C1. The summed E-state index contributed by atoms with van der Waals surface area (Å²) in [6, 6.07) is 19.9. The number of likely N-dealkylation sites (tertiary alicyclic amines) is 2. The Bertz CT molecular complexity index is 888. The summed E-state index contributed by atoms with van der Waals surface area (Å²) in [5, 5.41) is 0. The van der Waals surface area contributed by atoms with Crippen molar-refractivity contribution in [2.24, 2.45) is 11.7 Å². The number of carbonyl (C=O) groups excluding carboxylic acids is 1. The van der Waals surface area contributed by atoms with Gasteiger partial charge in [-0.15, -0.1) is 0 Å². The third-order valence-electron chi connectivity index (χ3n) is 7.35. The monoisotopic (exact) mass is 449 g/mol. The second-order valence-electron chi connectivity index (χ2n) is 9.67. The van der Waals surface area contributed by atoms with Crippen LogP contribution in [0.15, 0.2) is 54.6 Å². The fraction of sp³-hybridized carbons (Fsp3) is 0.536. The summed E-state index contributed by atoms with van der Waals surface area (Å²) in [7, 11) is 1.77. The van der Waals surface area contributed by atoms with Gasteiger partial charge in [-0.25, -0.2) is 4.79 Å². The Morgan fingerprint density at radius 1 is 1.00 bits per heavy atom. The Morgan fingerprint density at radius 2 is 1.76 bits per heavy atom. The summed E-state index contributed by atoms with van der Waals surface area (Å²) < 4.78 is 5.31. The van der Waals surface area contributed by atoms with E-state index in [-0.39, 0.29) is 12.1 Å². The summed E-state index contributed by atoms with van der Waals surface area (Å²) in [6.07, 6.45) is 6.47. The van der Waals surface area contributed by atoms with Crippen LogP contribution in [0.4, 0.5) is 4.79 Å². The van der Waals surface area contributed by atoms with Crippen LogP contribution in [0.1, 0.15) is 50.0 Å². The molecule has 3 atom stereocenters. The average molecular weight is 450 g/mol. The minimum atomic E-state index is 0.126. The van der Waals surface area contributed by atoms with Crippen LogP contribution in [0, 0.1) is 5.92 Å². The first-order chi connectivity index (χ1) is 16.2. The van der Waals surface area contributed by atoms with E-state index in [1.54, 1.807) is 7.11 Å². The van der Waals surface area contributed by atoms with E-state index >= 15 is 0 Å². The number of rotatable bonds is 8. The van der Waals surface area contributed by atoms with Crippen LogP contribution >= 0.6 is 0 Å². The zero-order chi connectivity index (χ0) is 23.0. The Balaban J connectivity index is 1.56. The third-order valence-corrected chi connectivity index (χ3v) is 7.35. The maximum Gasteiger partial charge on any atom is 0.320 e. The Morgan fingerprint density at radius 3 is 2.52 bits per heavy atom. The highest BCUT2D eigenvalue weighted by molar-refractivity contribution is 5.75. The normalized spacial score (nSPS) is 21.9. The van der Waals surface area contributed by atoms with Gasteiger partial charge >= 0.3 is 6.03 Å². The van der Waals surface area contributed by atoms with Gasteiger partial charge in [0.05, 0.1) is 0 Å². The van der Waals surface area contributed by atoms with Gasteiger partial charge in [-0.05, 0) is 60.6 Å². The first kappa shape index (κ1) is 23.8. The van der Waals surface area contributed by atoms with Crippen molar-refractivity contribution >= 4 is 6.03 Å². The maximum absolute atomic E-state index is 13.2. The van der Waals surface area contributed by atoms with Crippen molar-refractivity contribution in [1.29, 1.82) is 0 Å². The van der Waals surface area contributed by atoms with Gasteiger partial charge in [0.2, 0.25) is 0 Å². The van der Waals surface area contributed by atoms with Gasteiger partial charge in [0, 0.05) is 45.9 Å². The molecule has 4 rings (SSSR count). The number of ether oxygens (including phenoxy) is 1. The molecule has 0 unspecified atom stereocenters. The Labute approximate surface area is 198 Å². The lowest BCUT2D eigenvalue weighted by Gasteiger charge is -2.39. The number of unbranched alkanes of at least 4 members (excludes halogenated alkanes) is 1. The molecule has 2 aromatic carbocycles. The highest BCUT2D eigenvalue weighted by atomic mass is 16.5. The summed E-state index contributed by atoms with van der Waals surface area (Å²) in [6.45, 7) is 3.98. The first-order valence-corrected chi connectivity index (χ1v) is 12.6. The molecule has 2 aromatic rings. The summed E-state index contributed by atoms with van der Waals surface area (Å²) in [5.74, 6) is 0.890. The Kier molecular flexibility index (Phi) is 8.40. The molecule has 178 valence electrons. The molecule has 0 aliphatic carbocycles. The molecule has 0 saturated carbocycles. The molecular formula is C28H39N3O2. The predicted octanol–water partition coefficient (Wildman–Crippen LogP) is 5.12. The van der Waals surface area contributed by atoms with Crippen molar-refractivity contribution in [3.63, 3.8) is 0 Å². The van der Waals surface area contributed by atoms with Crippen molar-refractivity contribution in [1.82, 2.24) is 9.80 Å². The molecule has 2 heterocycles. The maximum atomic E-state index is 13.2. The fourth-order valence-corrected chi connectivity index (χ4v) is 5.63. The number of hydrogen-bond donors (Lipinski definition) is 1. The number of amides is 2. The number of methoxy groups -OCH3 is 1. The molecule has 0 bridgehead atoms. The zero-order valence-corrected chi connectivity index (χ0v) is 20.0. The van der Waals surface area contributed by atoms with E-state index in [1.807, 2.05) is 4.90 Å². The molecule has 2 saturated heterocycles. The quantitative estimate of drug-likeness (QED) is 0.569. The largest absolute Gasteiger partial charge is 0.385 e. The van der Waals surface area contributed by atoms with Gasteiger partial charge in [0.15, 0.2) is 0 Å². The van der Waals surface area contributed by atoms with E-state index < -0.39 is 0 Å². The molecule has 0 aromatic heterocycles. The fourth-order valence-electron chi connectivity index (χ4n) is 5.63. The highest BCUT2D eigenvalue weighted by Gasteiger charge is 2.34. The van der Waals surface area contributed by atoms with Gasteiger partial charge < -0.3 is 20.3 Å². The van der Waals surface area contributed by atoms with E-state index in [4.69, 9.17) is 10.5 Å². The molecule has 2 fully saturated rings. The van der Waals surface area contributed by atoms with Crippen LogP contribution in [-0.4, -0.2) is 61.8 Å². The number of carbonyl (C=O) groups is 1. The van der Waals surface area contributed by atoms with Crippen molar-refractivity contribution in [3.05, 3.63) is 60.2 Å². The number of nitrogens with two attached hydrogens (primary N) is 1. The van der Waals surface area contributed by atoms with Crippen molar-refractivity contribution in [3.8, 4) is 11.1 Å². The van der Waals surface area contributed by atoms with Gasteiger partial charge in [-0.3, -0.25) is 0 Å². The molecule has 5 heteroatoms. The molecule has 5 nitrogen and oxygen atoms in total. The molecule has 2 N–H and O–H groups in total. The molecular weight excluding hydrogens is 410 g/mol. The zero-order valence-electron chi connectivity index (χ0n) is 20.0. The number of benzene rings is 2. The Hall–Kier alpha value is -2.37. The van der Waals surface area contributed by atoms with E-state index in [0.29, 0.717) is 18.4 Å². The topological polar surface area (TPSA) is 58.8 Å². The molecule has 33 heavy (non-hydrogen) atoms. The van der Waals surface area contributed by atoms with E-state index in [9.17, 15) is 4.79 Å². The van der Waals surface area contributed by atoms with Crippen LogP contribution < -0.4 is 5.73 Å². The highest BCUT2D eigenvalue weighted by Crippen LogP contribution is 2.40. The number of piperidine rings is 1. The molecule has 0 spiro atoms. The van der Waals surface area contributed by atoms with Gasteiger partial charge in [-0.1, -0.05) is 61.0 Å². The first-order valence-electron chi connectivity index (χ1n) is 12.6. The number of urea groups is 1. The number of nitrogens with zero attached hydrogens (tertiary/aromatic N) is 2. The van der Waals surface area contributed by atoms with Crippen molar-refractivity contribution < 1.29 is 9.53 Å². The van der Waals surface area contributed by atoms with Crippen LogP contribution in [0.5, 0.6) is 0 Å². The lowest BCUT2D eigenvalue weighted by atomic mass is 9.76. The minimum Gasteiger partial charge on any atom is -0.385 e. The molecule has 2 aliphatic heterocycles. The lowest BCUT2D eigenvalue weighted by Crippen LogP contribution is -2.48. The lowest BCUT2D eigenvalue weighted by molar-refractivity contribution is 0.126. The van der Waals surface area contributed by atoms with E-state index in [2.05, 4.69) is 59.5 Å². The second-order valence-corrected chi connectivity index (χ2v) is 9.67. The predicted molar refractivity (Wildman–Crippen MR) is 134 cm³/mol. The second kappa shape index (κ2) is 11.7. The van der Waals surface area contributed by atoms with Gasteiger partial charge in [0.25, 0.3) is 0 Å². The van der Waals surface area contributed by atoms with E-state index in [0.717, 1.165) is 58.3 Å². The van der Waals surface area contributed by atoms with Crippen LogP contribution in [0.2, 0.25) is 0 Å². The standard InChI is InChI=1S/C28H39N3O2/c1-33-19-8-7-14-26(27-15-6-5-13-25(27)22-10-3-2-4-11-22)23-12-9-17-30(20-23)28(32)31-18-16-24(29)21-31/h2-6,10-11,13,15,23-24,26H,7-9,12,14,16-21,29H2,1H3/t23-,24+,26-/m1/s1. The van der Waals surface area contributed by atoms with E-state index in [1.165, 1.54) is 23.1 Å². The average Bonchev–Trinajstić information content (AvgIpc) is 3.30. The summed E-state index contributed by atoms with van der Waals surface area (Å²) in [4.78, 5) is 17.3. The number of hydrogen-bond acceptors (Lipinski definition) is 3. The van der Waals surface area contributed by atoms with Crippen LogP contribution in [0.3, 0.4) is 0 Å². The molecule has 2 amide bonds. The van der Waals surface area contributed by atoms with Crippen molar-refractivity contribution in [2.75, 3.05) is 39.9 Å². The van der Waals surface area contributed by atoms with Crippen LogP contribution in [0.25, 0.3) is 11.1 Å². The van der Waals surface area contributed by atoms with Crippen molar-refractivity contribution in [2.45, 2.75) is 50.5 Å². The van der Waals surface area contributed by atoms with Gasteiger partial charge in [-0.2, -0.15) is 0 Å². The smallest absolute Gasteiger partial charge is 0.320 e. The minimum absolute atomic E-state index is 0.126.